The molecule has 2 aromatic carbocycles. The summed E-state index contributed by atoms with van der Waals surface area (Å²) in [5, 5.41) is 9.93. The molecule has 5 aliphatic rings. The summed E-state index contributed by atoms with van der Waals surface area (Å²) in [5.41, 5.74) is 5.10. The van der Waals surface area contributed by atoms with Crippen LogP contribution in [0.1, 0.15) is 60.1 Å². The van der Waals surface area contributed by atoms with Gasteiger partial charge in [-0.15, -0.1) is 0 Å². The molecule has 2 aromatic heterocycles. The molecule has 4 aromatic rings. The van der Waals surface area contributed by atoms with E-state index < -0.39 is 35.3 Å². The minimum Gasteiger partial charge on any atom is -0.477 e. The van der Waals surface area contributed by atoms with E-state index in [1.807, 2.05) is 35.9 Å². The van der Waals surface area contributed by atoms with Crippen LogP contribution in [0.4, 0.5) is 31.5 Å². The highest BCUT2D eigenvalue weighted by Gasteiger charge is 2.38. The molecule has 0 spiro atoms. The van der Waals surface area contributed by atoms with Crippen molar-refractivity contribution < 1.29 is 32.7 Å². The second-order valence-electron chi connectivity index (χ2n) is 16.4. The summed E-state index contributed by atoms with van der Waals surface area (Å²) in [6, 6.07) is 12.0. The number of guanidine groups is 1. The van der Waals surface area contributed by atoms with Crippen LogP contribution in [-0.2, 0) is 21.4 Å². The van der Waals surface area contributed by atoms with Gasteiger partial charge in [0.2, 0.25) is 29.6 Å². The molecule has 7 heterocycles. The topological polar surface area (TPSA) is 158 Å². The molecule has 3 fully saturated rings. The predicted octanol–water partition coefficient (Wildman–Crippen LogP) is 4.61. The number of carbonyl (C=O) groups excluding carboxylic acids is 4. The van der Waals surface area contributed by atoms with Gasteiger partial charge in [-0.05, 0) is 74.6 Å². The number of amides is 4. The van der Waals surface area contributed by atoms with Crippen LogP contribution in [-0.4, -0.2) is 102 Å². The first-order valence-corrected chi connectivity index (χ1v) is 20.5. The average molecular weight is 821 g/mol. The van der Waals surface area contributed by atoms with E-state index in [1.54, 1.807) is 23.0 Å². The van der Waals surface area contributed by atoms with Crippen molar-refractivity contribution in [2.75, 3.05) is 72.4 Å². The van der Waals surface area contributed by atoms with E-state index in [9.17, 15) is 19.2 Å². The molecule has 0 aliphatic carbocycles. The number of fused-ring (bicyclic) bond motifs is 7. The third kappa shape index (κ3) is 7.41. The van der Waals surface area contributed by atoms with Crippen LogP contribution in [0, 0.1) is 30.4 Å². The summed E-state index contributed by atoms with van der Waals surface area (Å²) < 4.78 is 38.4. The monoisotopic (exact) mass is 820 g/mol. The summed E-state index contributed by atoms with van der Waals surface area (Å²) in [4.78, 5) is 68.5. The van der Waals surface area contributed by atoms with Gasteiger partial charge in [0.25, 0.3) is 5.91 Å². The van der Waals surface area contributed by atoms with E-state index in [0.717, 1.165) is 29.9 Å². The number of piperazine rings is 1. The zero-order valence-corrected chi connectivity index (χ0v) is 33.7. The number of hydrogen-bond donors (Lipinski definition) is 2. The highest BCUT2D eigenvalue weighted by molar-refractivity contribution is 6.19. The minimum atomic E-state index is -1.06. The number of ether oxygens (including phenoxy) is 1. The fourth-order valence-electron chi connectivity index (χ4n) is 8.83. The van der Waals surface area contributed by atoms with Gasteiger partial charge < -0.3 is 29.7 Å². The van der Waals surface area contributed by atoms with Gasteiger partial charge in [-0.2, -0.15) is 10.1 Å². The highest BCUT2D eigenvalue weighted by atomic mass is 19.1. The number of hydrogen-bond acceptors (Lipinski definition) is 11. The molecule has 9 rings (SSSR count). The third-order valence-corrected chi connectivity index (χ3v) is 12.1. The van der Waals surface area contributed by atoms with Gasteiger partial charge in [0.15, 0.2) is 0 Å². The number of piperidine rings is 1. The molecule has 15 nitrogen and oxygen atoms in total. The molecule has 60 heavy (non-hydrogen) atoms. The van der Waals surface area contributed by atoms with E-state index in [1.165, 1.54) is 12.1 Å². The Morgan fingerprint density at radius 2 is 1.67 bits per heavy atom. The number of anilines is 4. The molecule has 0 radical (unpaired) electrons. The lowest BCUT2D eigenvalue weighted by Gasteiger charge is -2.44. The van der Waals surface area contributed by atoms with Gasteiger partial charge in [-0.3, -0.25) is 29.5 Å². The molecule has 312 valence electrons. The lowest BCUT2D eigenvalue weighted by molar-refractivity contribution is -0.137. The van der Waals surface area contributed by atoms with Crippen LogP contribution in [0.15, 0.2) is 53.7 Å². The second-order valence-corrected chi connectivity index (χ2v) is 16.4. The number of carbonyl (C=O) groups is 4. The highest BCUT2D eigenvalue weighted by Crippen LogP contribution is 2.40. The van der Waals surface area contributed by atoms with Crippen molar-refractivity contribution >= 4 is 52.3 Å². The normalized spacial score (nSPS) is 21.9. The zero-order chi connectivity index (χ0) is 41.8. The van der Waals surface area contributed by atoms with E-state index in [0.29, 0.717) is 92.5 Å². The molecule has 4 amide bonds. The number of nitrogens with one attached hydrogen (secondary N) is 2. The SMILES string of the molecule is Cc1cc2cc(n1)-c1cnn(C)c1OCCC[C@@H](C)CN1/C(=N/C2=O)Nc2ccc(N3CC(C(=O)N4CCN(c5cc(F)c([C@H]6CCC(=O)NC6=O)c(F)c5)CC4)C3)cc21. The fourth-order valence-corrected chi connectivity index (χ4v) is 8.83. The molecule has 2 bridgehead atoms. The van der Waals surface area contributed by atoms with Crippen LogP contribution >= 0.6 is 0 Å². The molecule has 3 saturated heterocycles. The van der Waals surface area contributed by atoms with Crippen LogP contribution in [0.5, 0.6) is 5.88 Å². The van der Waals surface area contributed by atoms with Crippen molar-refractivity contribution in [2.24, 2.45) is 23.9 Å². The number of rotatable bonds is 4. The maximum Gasteiger partial charge on any atom is 0.280 e. The molecule has 2 N–H and O–H groups in total. The number of benzene rings is 2. The first-order valence-electron chi connectivity index (χ1n) is 20.5. The van der Waals surface area contributed by atoms with Gasteiger partial charge in [0.05, 0.1) is 47.3 Å². The number of imide groups is 1. The Bertz CT molecular complexity index is 2420. The quantitative estimate of drug-likeness (QED) is 0.277. The van der Waals surface area contributed by atoms with Crippen molar-refractivity contribution in [3.05, 3.63) is 77.1 Å². The smallest absolute Gasteiger partial charge is 0.280 e. The second kappa shape index (κ2) is 15.7. The van der Waals surface area contributed by atoms with Gasteiger partial charge in [-0.25, -0.2) is 13.5 Å². The van der Waals surface area contributed by atoms with E-state index in [2.05, 4.69) is 48.5 Å². The Labute approximate surface area is 345 Å². The third-order valence-electron chi connectivity index (χ3n) is 12.1. The molecule has 17 heteroatoms. The fraction of sp³-hybridized carbons (Fsp3) is 0.419. The van der Waals surface area contributed by atoms with Crippen molar-refractivity contribution in [3.8, 4) is 17.1 Å². The van der Waals surface area contributed by atoms with Crippen LogP contribution in [0.3, 0.4) is 0 Å². The first-order chi connectivity index (χ1) is 28.9. The summed E-state index contributed by atoms with van der Waals surface area (Å²) >= 11 is 0. The number of aromatic nitrogens is 3. The Kier molecular flexibility index (Phi) is 10.2. The Morgan fingerprint density at radius 3 is 2.42 bits per heavy atom. The van der Waals surface area contributed by atoms with E-state index in [4.69, 9.17) is 4.74 Å². The van der Waals surface area contributed by atoms with E-state index in [-0.39, 0.29) is 36.1 Å². The van der Waals surface area contributed by atoms with Crippen molar-refractivity contribution in [1.82, 2.24) is 25.0 Å². The molecular formula is C43H46F2N10O5. The standard InChI is InChI=1S/C43H46F2N10O5/c1-24-5-4-14-60-42-31(20-46-51(42)3)35-16-26(15-25(2)47-35)39(57)50-43-48-34-8-6-28(19-36(34)55(43)21-24)54-22-27(23-54)41(59)53-12-10-52(11-13-53)29-17-32(44)38(33(45)18-29)30-7-9-37(56)49-40(30)58/h6,8,15-20,24,27,30H,4-5,7,9-14,21-23H2,1-3H3,(H,48,50,57)(H,49,56,58)/t24-,30-/m1/s1. The Balaban J connectivity index is 0.857. The molecular weight excluding hydrogens is 775 g/mol. The lowest BCUT2D eigenvalue weighted by Crippen LogP contribution is -2.58. The van der Waals surface area contributed by atoms with Gasteiger partial charge in [0.1, 0.15) is 11.6 Å². The Morgan fingerprint density at radius 1 is 0.900 bits per heavy atom. The van der Waals surface area contributed by atoms with Gasteiger partial charge in [0, 0.05) is 87.5 Å². The number of aliphatic imine (C=N–C) groups is 1. The first kappa shape index (κ1) is 39.1. The van der Waals surface area contributed by atoms with Gasteiger partial charge >= 0.3 is 0 Å². The number of aryl methyl sites for hydroxylation is 2. The largest absolute Gasteiger partial charge is 0.477 e. The van der Waals surface area contributed by atoms with E-state index >= 15 is 8.78 Å². The number of nitrogens with zero attached hydrogens (tertiary/aromatic N) is 8. The molecule has 2 atom stereocenters. The Hall–Kier alpha value is -6.39. The summed E-state index contributed by atoms with van der Waals surface area (Å²) in [6.45, 7) is 7.83. The van der Waals surface area contributed by atoms with Crippen LogP contribution in [0.2, 0.25) is 0 Å². The maximum absolute atomic E-state index is 15.2. The summed E-state index contributed by atoms with van der Waals surface area (Å²) in [5.74, 6) is -3.12. The number of pyridine rings is 1. The van der Waals surface area contributed by atoms with Crippen molar-refractivity contribution in [2.45, 2.75) is 45.4 Å². The zero-order valence-electron chi connectivity index (χ0n) is 33.7. The molecule has 0 unspecified atom stereocenters. The molecule has 5 aliphatic heterocycles. The lowest BCUT2D eigenvalue weighted by atomic mass is 9.89. The summed E-state index contributed by atoms with van der Waals surface area (Å²) in [7, 11) is 1.82. The summed E-state index contributed by atoms with van der Waals surface area (Å²) in [6.07, 6.45) is 3.46. The van der Waals surface area contributed by atoms with Crippen molar-refractivity contribution in [1.29, 1.82) is 0 Å². The van der Waals surface area contributed by atoms with Crippen LogP contribution < -0.4 is 30.1 Å². The number of halogens is 2. The minimum absolute atomic E-state index is 0.0224. The molecule has 0 saturated carbocycles. The van der Waals surface area contributed by atoms with Crippen LogP contribution in [0.25, 0.3) is 11.3 Å². The average Bonchev–Trinajstić information content (AvgIpc) is 3.74. The van der Waals surface area contributed by atoms with Crippen molar-refractivity contribution in [3.63, 3.8) is 0 Å². The predicted molar refractivity (Wildman–Crippen MR) is 220 cm³/mol. The van der Waals surface area contributed by atoms with Gasteiger partial charge in [-0.1, -0.05) is 6.92 Å². The maximum atomic E-state index is 15.2.